The maximum absolute atomic E-state index is 12.9. The van der Waals surface area contributed by atoms with Crippen LogP contribution < -0.4 is 10.1 Å². The second-order valence-corrected chi connectivity index (χ2v) is 8.01. The summed E-state index contributed by atoms with van der Waals surface area (Å²) in [7, 11) is 0. The van der Waals surface area contributed by atoms with Crippen molar-refractivity contribution in [2.45, 2.75) is 6.18 Å². The lowest BCUT2D eigenvalue weighted by atomic mass is 10.0. The molecule has 0 fully saturated rings. The van der Waals surface area contributed by atoms with E-state index in [0.717, 1.165) is 30.6 Å². The van der Waals surface area contributed by atoms with Crippen molar-refractivity contribution >= 4 is 68.4 Å². The second-order valence-electron chi connectivity index (χ2n) is 5.68. The predicted octanol–water partition coefficient (Wildman–Crippen LogP) is 5.97. The van der Waals surface area contributed by atoms with Crippen molar-refractivity contribution < 1.29 is 22.7 Å². The number of hydrogen-bond acceptors (Lipinski definition) is 2. The van der Waals surface area contributed by atoms with E-state index in [1.54, 1.807) is 12.2 Å². The first kappa shape index (κ1) is 20.2. The Morgan fingerprint density at radius 1 is 1.15 bits per heavy atom. The summed E-state index contributed by atoms with van der Waals surface area (Å²) in [4.78, 5) is 12.3. The van der Waals surface area contributed by atoms with E-state index >= 15 is 0 Å². The number of alkyl halides is 3. The summed E-state index contributed by atoms with van der Waals surface area (Å²) < 4.78 is 45.9. The molecule has 3 rings (SSSR count). The Bertz CT molecular complexity index is 945. The van der Waals surface area contributed by atoms with Gasteiger partial charge in [-0.15, -0.1) is 0 Å². The molecule has 0 saturated carbocycles. The van der Waals surface area contributed by atoms with Gasteiger partial charge in [-0.25, -0.2) is 0 Å². The fourth-order valence-electron chi connectivity index (χ4n) is 2.62. The predicted molar refractivity (Wildman–Crippen MR) is 116 cm³/mol. The van der Waals surface area contributed by atoms with Crippen LogP contribution in [0, 0.1) is 7.14 Å². The number of hydrogen-bond donors (Lipinski definition) is 1. The molecule has 0 aliphatic carbocycles. The summed E-state index contributed by atoms with van der Waals surface area (Å²) >= 11 is 4.27. The number of halogens is 5. The first-order chi connectivity index (χ1) is 12.7. The maximum Gasteiger partial charge on any atom is 0.416 e. The third-order valence-electron chi connectivity index (χ3n) is 3.81. The van der Waals surface area contributed by atoms with Crippen molar-refractivity contribution in [1.29, 1.82) is 0 Å². The molecular formula is C19H12F3I2NO2. The Morgan fingerprint density at radius 2 is 1.81 bits per heavy atom. The Labute approximate surface area is 181 Å². The molecule has 27 heavy (non-hydrogen) atoms. The van der Waals surface area contributed by atoms with E-state index < -0.39 is 17.6 Å². The average Bonchev–Trinajstić information content (AvgIpc) is 2.88. The molecule has 2 aromatic carbocycles. The number of nitrogens with one attached hydrogen (secondary N) is 1. The minimum absolute atomic E-state index is 0.163. The summed E-state index contributed by atoms with van der Waals surface area (Å²) in [5.41, 5.74) is 0.898. The van der Waals surface area contributed by atoms with Gasteiger partial charge in [-0.2, -0.15) is 13.2 Å². The number of amides is 1. The highest BCUT2D eigenvalue weighted by atomic mass is 127. The molecular weight excluding hydrogens is 585 g/mol. The van der Waals surface area contributed by atoms with Crippen LogP contribution in [0.3, 0.4) is 0 Å². The van der Waals surface area contributed by atoms with Gasteiger partial charge in [0, 0.05) is 16.8 Å². The largest absolute Gasteiger partial charge is 0.487 e. The Balaban J connectivity index is 2.00. The lowest BCUT2D eigenvalue weighted by Gasteiger charge is -2.10. The van der Waals surface area contributed by atoms with Crippen molar-refractivity contribution in [3.63, 3.8) is 0 Å². The smallest absolute Gasteiger partial charge is 0.416 e. The standard InChI is InChI=1S/C19H12F3I2NO2/c1-2-5-27-17-14(23)7-10(8-15(17)24)6-13-12-4-3-11(19(20,21)22)9-16(12)25-18(13)26/h2-4,6-9H,1,5H2,(H,25,26)/b13-6-. The van der Waals surface area contributed by atoms with Crippen LogP contribution in [0.4, 0.5) is 18.9 Å². The number of benzene rings is 2. The van der Waals surface area contributed by atoms with Gasteiger partial charge in [0.15, 0.2) is 0 Å². The van der Waals surface area contributed by atoms with Gasteiger partial charge in [-0.3, -0.25) is 4.79 Å². The molecule has 1 aliphatic heterocycles. The zero-order valence-corrected chi connectivity index (χ0v) is 18.0. The van der Waals surface area contributed by atoms with Crippen LogP contribution in [-0.2, 0) is 11.0 Å². The molecule has 0 spiro atoms. The van der Waals surface area contributed by atoms with E-state index in [2.05, 4.69) is 57.1 Å². The van der Waals surface area contributed by atoms with Crippen LogP contribution >= 0.6 is 45.2 Å². The number of carbonyl (C=O) groups is 1. The molecule has 0 atom stereocenters. The van der Waals surface area contributed by atoms with Gasteiger partial charge >= 0.3 is 6.18 Å². The maximum atomic E-state index is 12.9. The third kappa shape index (κ3) is 4.31. The van der Waals surface area contributed by atoms with E-state index in [4.69, 9.17) is 4.74 Å². The Morgan fingerprint density at radius 3 is 2.41 bits per heavy atom. The highest BCUT2D eigenvalue weighted by molar-refractivity contribution is 14.1. The van der Waals surface area contributed by atoms with E-state index in [9.17, 15) is 18.0 Å². The van der Waals surface area contributed by atoms with Crippen LogP contribution in [0.25, 0.3) is 11.6 Å². The lowest BCUT2D eigenvalue weighted by Crippen LogP contribution is -2.06. The number of ether oxygens (including phenoxy) is 1. The average molecular weight is 597 g/mol. The molecule has 0 bridgehead atoms. The van der Waals surface area contributed by atoms with Crippen molar-refractivity contribution in [3.05, 3.63) is 66.8 Å². The minimum atomic E-state index is -4.46. The first-order valence-corrected chi connectivity index (χ1v) is 9.84. The van der Waals surface area contributed by atoms with Gasteiger partial charge in [-0.1, -0.05) is 18.7 Å². The Hall–Kier alpha value is -1.56. The first-order valence-electron chi connectivity index (χ1n) is 7.68. The van der Waals surface area contributed by atoms with Gasteiger partial charge in [0.25, 0.3) is 5.91 Å². The van der Waals surface area contributed by atoms with Gasteiger partial charge in [-0.05, 0) is 81.1 Å². The molecule has 1 heterocycles. The molecule has 0 radical (unpaired) electrons. The molecule has 3 nitrogen and oxygen atoms in total. The molecule has 0 aromatic heterocycles. The van der Waals surface area contributed by atoms with E-state index in [1.807, 2.05) is 12.1 Å². The quantitative estimate of drug-likeness (QED) is 0.268. The third-order valence-corrected chi connectivity index (χ3v) is 5.41. The van der Waals surface area contributed by atoms with Gasteiger partial charge in [0.2, 0.25) is 0 Å². The number of rotatable bonds is 4. The molecule has 1 amide bonds. The van der Waals surface area contributed by atoms with Crippen molar-refractivity contribution in [2.75, 3.05) is 11.9 Å². The highest BCUT2D eigenvalue weighted by Crippen LogP contribution is 2.39. The zero-order valence-electron chi connectivity index (χ0n) is 13.7. The molecule has 8 heteroatoms. The van der Waals surface area contributed by atoms with Gasteiger partial charge in [0.1, 0.15) is 12.4 Å². The Kier molecular flexibility index (Phi) is 5.84. The van der Waals surface area contributed by atoms with E-state index in [0.29, 0.717) is 17.7 Å². The van der Waals surface area contributed by atoms with Crippen LogP contribution in [0.1, 0.15) is 16.7 Å². The fourth-order valence-corrected chi connectivity index (χ4v) is 4.75. The SMILES string of the molecule is C=CCOc1c(I)cc(/C=C2\C(=O)Nc3cc(C(F)(F)F)ccc32)cc1I. The summed E-state index contributed by atoms with van der Waals surface area (Å²) in [6.07, 6.45) is -1.15. The van der Waals surface area contributed by atoms with Crippen molar-refractivity contribution in [1.82, 2.24) is 0 Å². The minimum Gasteiger partial charge on any atom is -0.487 e. The van der Waals surface area contributed by atoms with E-state index in [1.165, 1.54) is 6.07 Å². The van der Waals surface area contributed by atoms with Crippen molar-refractivity contribution in [2.24, 2.45) is 0 Å². The van der Waals surface area contributed by atoms with E-state index in [-0.39, 0.29) is 5.69 Å². The molecule has 1 aliphatic rings. The van der Waals surface area contributed by atoms with Crippen LogP contribution in [0.5, 0.6) is 5.75 Å². The van der Waals surface area contributed by atoms with Crippen LogP contribution in [0.2, 0.25) is 0 Å². The van der Waals surface area contributed by atoms with Crippen molar-refractivity contribution in [3.8, 4) is 5.75 Å². The summed E-state index contributed by atoms with van der Waals surface area (Å²) in [5.74, 6) is 0.297. The summed E-state index contributed by atoms with van der Waals surface area (Å²) in [5, 5.41) is 2.50. The topological polar surface area (TPSA) is 38.3 Å². The number of fused-ring (bicyclic) bond motifs is 1. The molecule has 1 N–H and O–H groups in total. The molecule has 140 valence electrons. The summed E-state index contributed by atoms with van der Waals surface area (Å²) in [6, 6.07) is 6.95. The molecule has 2 aromatic rings. The number of carbonyl (C=O) groups excluding carboxylic acids is 1. The second kappa shape index (κ2) is 7.82. The lowest BCUT2D eigenvalue weighted by molar-refractivity contribution is -0.137. The molecule has 0 saturated heterocycles. The normalized spacial score (nSPS) is 14.9. The van der Waals surface area contributed by atoms with Crippen LogP contribution in [-0.4, -0.2) is 12.5 Å². The summed E-state index contributed by atoms with van der Waals surface area (Å²) in [6.45, 7) is 4.00. The van der Waals surface area contributed by atoms with Gasteiger partial charge < -0.3 is 10.1 Å². The zero-order chi connectivity index (χ0) is 19.8. The molecule has 0 unspecified atom stereocenters. The van der Waals surface area contributed by atoms with Crippen LogP contribution in [0.15, 0.2) is 43.0 Å². The van der Waals surface area contributed by atoms with Gasteiger partial charge in [0.05, 0.1) is 12.7 Å². The fraction of sp³-hybridized carbons (Fsp3) is 0.105. The number of anilines is 1. The highest BCUT2D eigenvalue weighted by Gasteiger charge is 2.33. The monoisotopic (exact) mass is 597 g/mol.